The first kappa shape index (κ1) is 16.2. The first-order valence-corrected chi connectivity index (χ1v) is 8.16. The summed E-state index contributed by atoms with van der Waals surface area (Å²) < 4.78 is 7.20. The normalized spacial score (nSPS) is 15.7. The van der Waals surface area contributed by atoms with Gasteiger partial charge in [0.25, 0.3) is 0 Å². The van der Waals surface area contributed by atoms with Crippen molar-refractivity contribution >= 4 is 27.3 Å². The van der Waals surface area contributed by atoms with E-state index in [1.807, 2.05) is 0 Å². The van der Waals surface area contributed by atoms with Crippen LogP contribution in [0.3, 0.4) is 0 Å². The number of hydrogen-bond acceptors (Lipinski definition) is 3. The molecule has 2 atom stereocenters. The monoisotopic (exact) mass is 333 g/mol. The zero-order valence-corrected chi connectivity index (χ0v) is 14.3. The predicted molar refractivity (Wildman–Crippen MR) is 83.3 cm³/mol. The van der Waals surface area contributed by atoms with Crippen LogP contribution in [0.1, 0.15) is 45.5 Å². The van der Waals surface area contributed by atoms with Crippen LogP contribution in [-0.4, -0.2) is 19.3 Å². The second-order valence-corrected chi connectivity index (χ2v) is 7.21. The smallest absolute Gasteiger partial charge is 0.0826 e. The van der Waals surface area contributed by atoms with E-state index in [0.717, 1.165) is 13.2 Å². The fourth-order valence-corrected chi connectivity index (χ4v) is 3.83. The van der Waals surface area contributed by atoms with Gasteiger partial charge in [0.05, 0.1) is 12.1 Å². The second-order valence-electron chi connectivity index (χ2n) is 5.41. The van der Waals surface area contributed by atoms with Gasteiger partial charge >= 0.3 is 0 Å². The summed E-state index contributed by atoms with van der Waals surface area (Å²) in [6.45, 7) is 12.6. The molecule has 1 heterocycles. The highest BCUT2D eigenvalue weighted by Gasteiger charge is 2.35. The van der Waals surface area contributed by atoms with Crippen molar-refractivity contribution in [3.05, 3.63) is 20.8 Å². The van der Waals surface area contributed by atoms with Crippen LogP contribution in [0, 0.1) is 5.41 Å². The van der Waals surface area contributed by atoms with Crippen molar-refractivity contribution in [1.29, 1.82) is 0 Å². The zero-order valence-electron chi connectivity index (χ0n) is 11.9. The summed E-state index contributed by atoms with van der Waals surface area (Å²) in [5.74, 6) is 0. The molecule has 1 N–H and O–H groups in total. The minimum Gasteiger partial charge on any atom is -0.376 e. The number of ether oxygens (including phenoxy) is 1. The van der Waals surface area contributed by atoms with Crippen LogP contribution in [0.25, 0.3) is 0 Å². The maximum Gasteiger partial charge on any atom is 0.0826 e. The van der Waals surface area contributed by atoms with Crippen molar-refractivity contribution in [3.8, 4) is 0 Å². The Morgan fingerprint density at radius 1 is 1.39 bits per heavy atom. The van der Waals surface area contributed by atoms with Gasteiger partial charge in [0.1, 0.15) is 0 Å². The second kappa shape index (κ2) is 7.04. The van der Waals surface area contributed by atoms with Gasteiger partial charge in [0.15, 0.2) is 0 Å². The number of rotatable bonds is 6. The fourth-order valence-electron chi connectivity index (χ4n) is 2.11. The minimum atomic E-state index is 0.103. The molecule has 4 heteroatoms. The van der Waals surface area contributed by atoms with Crippen LogP contribution < -0.4 is 5.32 Å². The van der Waals surface area contributed by atoms with E-state index < -0.39 is 0 Å². The molecule has 0 saturated heterocycles. The molecular weight excluding hydrogens is 310 g/mol. The molecule has 0 radical (unpaired) electrons. The molecule has 0 fully saturated rings. The van der Waals surface area contributed by atoms with Crippen LogP contribution >= 0.6 is 27.3 Å². The maximum absolute atomic E-state index is 6.02. The van der Waals surface area contributed by atoms with Gasteiger partial charge in [-0.3, -0.25) is 0 Å². The highest BCUT2D eigenvalue weighted by atomic mass is 79.9. The summed E-state index contributed by atoms with van der Waals surface area (Å²) in [5, 5.41) is 5.69. The highest BCUT2D eigenvalue weighted by Crippen LogP contribution is 2.38. The molecule has 0 aliphatic rings. The topological polar surface area (TPSA) is 21.3 Å². The summed E-state index contributed by atoms with van der Waals surface area (Å²) in [5.41, 5.74) is 0.103. The van der Waals surface area contributed by atoms with Gasteiger partial charge in [-0.05, 0) is 46.3 Å². The van der Waals surface area contributed by atoms with E-state index in [2.05, 4.69) is 67.3 Å². The van der Waals surface area contributed by atoms with Crippen molar-refractivity contribution in [1.82, 2.24) is 5.32 Å². The van der Waals surface area contributed by atoms with Gasteiger partial charge < -0.3 is 10.1 Å². The molecule has 0 bridgehead atoms. The third kappa shape index (κ3) is 4.05. The van der Waals surface area contributed by atoms with Crippen LogP contribution in [0.2, 0.25) is 0 Å². The number of nitrogens with one attached hydrogen (secondary N) is 1. The van der Waals surface area contributed by atoms with E-state index in [4.69, 9.17) is 4.74 Å². The van der Waals surface area contributed by atoms with E-state index in [1.54, 1.807) is 11.3 Å². The Bertz CT molecular complexity index is 359. The predicted octanol–water partition coefficient (Wildman–Crippen LogP) is 4.61. The first-order chi connectivity index (χ1) is 8.41. The summed E-state index contributed by atoms with van der Waals surface area (Å²) in [6.07, 6.45) is 0.164. The summed E-state index contributed by atoms with van der Waals surface area (Å²) in [6, 6.07) is 2.35. The van der Waals surface area contributed by atoms with Crippen molar-refractivity contribution in [3.63, 3.8) is 0 Å². The Kier molecular flexibility index (Phi) is 6.31. The van der Waals surface area contributed by atoms with Crippen LogP contribution in [-0.2, 0) is 4.74 Å². The fraction of sp³-hybridized carbons (Fsp3) is 0.714. The van der Waals surface area contributed by atoms with E-state index >= 15 is 0 Å². The molecule has 18 heavy (non-hydrogen) atoms. The lowest BCUT2D eigenvalue weighted by Gasteiger charge is -2.37. The van der Waals surface area contributed by atoms with Gasteiger partial charge in [-0.15, -0.1) is 11.3 Å². The van der Waals surface area contributed by atoms with Crippen LogP contribution in [0.15, 0.2) is 15.9 Å². The molecule has 0 spiro atoms. The Hall–Kier alpha value is 0.1000. The van der Waals surface area contributed by atoms with Crippen molar-refractivity contribution < 1.29 is 4.74 Å². The van der Waals surface area contributed by atoms with Gasteiger partial charge in [-0.25, -0.2) is 0 Å². The molecule has 1 rings (SSSR count). The third-order valence-electron chi connectivity index (χ3n) is 2.85. The Morgan fingerprint density at radius 2 is 2.06 bits per heavy atom. The van der Waals surface area contributed by atoms with Crippen LogP contribution in [0.4, 0.5) is 0 Å². The van der Waals surface area contributed by atoms with E-state index in [0.29, 0.717) is 0 Å². The van der Waals surface area contributed by atoms with E-state index in [9.17, 15) is 0 Å². The quantitative estimate of drug-likeness (QED) is 0.820. The highest BCUT2D eigenvalue weighted by molar-refractivity contribution is 9.10. The van der Waals surface area contributed by atoms with Crippen molar-refractivity contribution in [2.24, 2.45) is 5.41 Å². The number of halogens is 1. The molecule has 2 unspecified atom stereocenters. The van der Waals surface area contributed by atoms with E-state index in [1.165, 1.54) is 9.35 Å². The third-order valence-corrected chi connectivity index (χ3v) is 4.81. The number of likely N-dealkylation sites (N-methyl/N-ethyl adjacent to an activating group) is 1. The summed E-state index contributed by atoms with van der Waals surface area (Å²) in [4.78, 5) is 1.32. The summed E-state index contributed by atoms with van der Waals surface area (Å²) >= 11 is 5.42. The minimum absolute atomic E-state index is 0.103. The Labute approximate surface area is 123 Å². The van der Waals surface area contributed by atoms with Gasteiger partial charge in [-0.1, -0.05) is 27.7 Å². The molecule has 0 aliphatic carbocycles. The average molecular weight is 334 g/mol. The molecule has 1 aromatic heterocycles. The van der Waals surface area contributed by atoms with Crippen LogP contribution in [0.5, 0.6) is 0 Å². The number of hydrogen-bond donors (Lipinski definition) is 1. The van der Waals surface area contributed by atoms with E-state index in [-0.39, 0.29) is 17.6 Å². The lowest BCUT2D eigenvalue weighted by atomic mass is 9.84. The lowest BCUT2D eigenvalue weighted by Crippen LogP contribution is -2.42. The largest absolute Gasteiger partial charge is 0.376 e. The van der Waals surface area contributed by atoms with Gasteiger partial charge in [-0.2, -0.15) is 0 Å². The molecular formula is C14H24BrNOS. The standard InChI is InChI=1S/C14H24BrNOS/c1-6-16-11(12-10(15)8-9-18-12)13(17-7-2)14(3,4)5/h8-9,11,13,16H,6-7H2,1-5H3. The lowest BCUT2D eigenvalue weighted by molar-refractivity contribution is -0.0356. The van der Waals surface area contributed by atoms with Gasteiger partial charge in [0.2, 0.25) is 0 Å². The Morgan fingerprint density at radius 3 is 2.44 bits per heavy atom. The molecule has 0 saturated carbocycles. The molecule has 2 nitrogen and oxygen atoms in total. The average Bonchev–Trinajstić information content (AvgIpc) is 2.68. The zero-order chi connectivity index (χ0) is 13.8. The van der Waals surface area contributed by atoms with Gasteiger partial charge in [0, 0.05) is 16.0 Å². The molecule has 0 amide bonds. The SMILES string of the molecule is CCNC(c1sccc1Br)C(OCC)C(C)(C)C. The molecule has 1 aromatic rings. The number of thiophene rings is 1. The summed E-state index contributed by atoms with van der Waals surface area (Å²) in [7, 11) is 0. The maximum atomic E-state index is 6.02. The molecule has 0 aromatic carbocycles. The molecule has 0 aliphatic heterocycles. The van der Waals surface area contributed by atoms with Crippen molar-refractivity contribution in [2.75, 3.05) is 13.2 Å². The first-order valence-electron chi connectivity index (χ1n) is 6.49. The van der Waals surface area contributed by atoms with Crippen molar-refractivity contribution in [2.45, 2.75) is 46.8 Å². The Balaban J connectivity index is 3.05. The molecule has 104 valence electrons.